The number of carbonyl (C=O) groups excluding carboxylic acids is 1. The first-order valence-corrected chi connectivity index (χ1v) is 5.70. The normalized spacial score (nSPS) is 17.6. The molecule has 2 rings (SSSR count). The topological polar surface area (TPSA) is 35.5 Å². The van der Waals surface area contributed by atoms with Gasteiger partial charge >= 0.3 is 0 Å². The van der Waals surface area contributed by atoms with Gasteiger partial charge in [-0.25, -0.2) is 0 Å². The van der Waals surface area contributed by atoms with Crippen LogP contribution in [0.3, 0.4) is 0 Å². The first-order chi connectivity index (χ1) is 7.72. The minimum Gasteiger partial charge on any atom is -0.504 e. The van der Waals surface area contributed by atoms with Crippen LogP contribution >= 0.6 is 15.9 Å². The van der Waals surface area contributed by atoms with Crippen molar-refractivity contribution in [1.29, 1.82) is 0 Å². The van der Waals surface area contributed by atoms with Gasteiger partial charge in [0.15, 0.2) is 5.78 Å². The number of fused-ring (bicyclic) bond motifs is 1. The third kappa shape index (κ3) is 2.11. The lowest BCUT2D eigenvalue weighted by Gasteiger charge is -2.05. The zero-order valence-electron chi connectivity index (χ0n) is 8.83. The molecule has 3 nitrogen and oxygen atoms in total. The second kappa shape index (κ2) is 4.70. The molecule has 0 radical (unpaired) electrons. The predicted molar refractivity (Wildman–Crippen MR) is 63.7 cm³/mol. The monoisotopic (exact) mass is 282 g/mol. The van der Waals surface area contributed by atoms with Crippen LogP contribution in [0.4, 0.5) is 0 Å². The van der Waals surface area contributed by atoms with Crippen molar-refractivity contribution in [2.75, 3.05) is 13.7 Å². The molecule has 0 amide bonds. The first-order valence-electron chi connectivity index (χ1n) is 4.91. The van der Waals surface area contributed by atoms with Crippen LogP contribution < -0.4 is 4.74 Å². The van der Waals surface area contributed by atoms with E-state index in [1.54, 1.807) is 12.1 Å². The third-order valence-electron chi connectivity index (χ3n) is 2.37. The van der Waals surface area contributed by atoms with Crippen LogP contribution in [-0.2, 0) is 4.74 Å². The van der Waals surface area contributed by atoms with Crippen LogP contribution in [0.2, 0.25) is 0 Å². The molecule has 1 aliphatic rings. The molecule has 84 valence electrons. The molecule has 0 spiro atoms. The van der Waals surface area contributed by atoms with Crippen LogP contribution in [0, 0.1) is 0 Å². The Kier molecular flexibility index (Phi) is 3.29. The summed E-state index contributed by atoms with van der Waals surface area (Å²) in [6.07, 6.45) is 2.06. The van der Waals surface area contributed by atoms with Crippen molar-refractivity contribution in [3.63, 3.8) is 0 Å². The number of rotatable bonds is 1. The second-order valence-corrected chi connectivity index (χ2v) is 4.36. The summed E-state index contributed by atoms with van der Waals surface area (Å²) in [7, 11) is 1.54. The molecule has 0 bridgehead atoms. The van der Waals surface area contributed by atoms with E-state index in [0.29, 0.717) is 29.9 Å². The summed E-state index contributed by atoms with van der Waals surface area (Å²) in [5.74, 6) is 0.600. The maximum Gasteiger partial charge on any atom is 0.195 e. The van der Waals surface area contributed by atoms with Gasteiger partial charge in [0.05, 0.1) is 25.5 Å². The fraction of sp³-hybridized carbons (Fsp3) is 0.250. The van der Waals surface area contributed by atoms with E-state index in [1.807, 2.05) is 6.07 Å². The van der Waals surface area contributed by atoms with E-state index < -0.39 is 0 Å². The minimum atomic E-state index is -0.0318. The predicted octanol–water partition coefficient (Wildman–Crippen LogP) is 2.94. The summed E-state index contributed by atoms with van der Waals surface area (Å²) >= 11 is 3.34. The van der Waals surface area contributed by atoms with Crippen LogP contribution in [0.25, 0.3) is 0 Å². The summed E-state index contributed by atoms with van der Waals surface area (Å²) in [5, 5.41) is 0. The Morgan fingerprint density at radius 1 is 1.50 bits per heavy atom. The van der Waals surface area contributed by atoms with Gasteiger partial charge in [-0.05, 0) is 18.2 Å². The zero-order chi connectivity index (χ0) is 11.5. The molecule has 16 heavy (non-hydrogen) atoms. The molecule has 1 aromatic rings. The zero-order valence-corrected chi connectivity index (χ0v) is 10.4. The number of Topliss-reactive ketones (excluding diaryl/α,β-unsaturated/α-hetero) is 1. The van der Waals surface area contributed by atoms with Gasteiger partial charge in [0, 0.05) is 16.5 Å². The SMILES string of the molecule is CO/C=C1/CCOc2ccc(Br)cc2C1=O. The summed E-state index contributed by atoms with van der Waals surface area (Å²) < 4.78 is 11.3. The number of ether oxygens (including phenoxy) is 2. The van der Waals surface area contributed by atoms with Crippen LogP contribution in [0.1, 0.15) is 16.8 Å². The number of hydrogen-bond acceptors (Lipinski definition) is 3. The largest absolute Gasteiger partial charge is 0.504 e. The van der Waals surface area contributed by atoms with Gasteiger partial charge in [-0.2, -0.15) is 0 Å². The van der Waals surface area contributed by atoms with Crippen molar-refractivity contribution in [1.82, 2.24) is 0 Å². The smallest absolute Gasteiger partial charge is 0.195 e. The molecule has 4 heteroatoms. The lowest BCUT2D eigenvalue weighted by atomic mass is 10.0. The quantitative estimate of drug-likeness (QED) is 0.587. The summed E-state index contributed by atoms with van der Waals surface area (Å²) in [6, 6.07) is 5.43. The second-order valence-electron chi connectivity index (χ2n) is 3.45. The Balaban J connectivity index is 2.47. The molecule has 1 heterocycles. The summed E-state index contributed by atoms with van der Waals surface area (Å²) in [6.45, 7) is 0.496. The Labute approximate surface area is 102 Å². The fourth-order valence-corrected chi connectivity index (χ4v) is 1.98. The van der Waals surface area contributed by atoms with E-state index in [-0.39, 0.29) is 5.78 Å². The first kappa shape index (κ1) is 11.2. The van der Waals surface area contributed by atoms with Crippen molar-refractivity contribution < 1.29 is 14.3 Å². The maximum absolute atomic E-state index is 12.1. The highest BCUT2D eigenvalue weighted by molar-refractivity contribution is 9.10. The number of carbonyl (C=O) groups is 1. The fourth-order valence-electron chi connectivity index (χ4n) is 1.62. The average molecular weight is 283 g/mol. The molecule has 1 aliphatic heterocycles. The molecule has 0 aromatic heterocycles. The number of halogens is 1. The molecule has 0 saturated carbocycles. The van der Waals surface area contributed by atoms with Crippen LogP contribution in [0.15, 0.2) is 34.5 Å². The van der Waals surface area contributed by atoms with Gasteiger partial charge in [0.1, 0.15) is 5.75 Å². The van der Waals surface area contributed by atoms with E-state index in [9.17, 15) is 4.79 Å². The number of ketones is 1. The van der Waals surface area contributed by atoms with Gasteiger partial charge in [-0.15, -0.1) is 0 Å². The van der Waals surface area contributed by atoms with E-state index in [0.717, 1.165) is 4.47 Å². The number of hydrogen-bond donors (Lipinski definition) is 0. The highest BCUT2D eigenvalue weighted by Gasteiger charge is 2.21. The molecule has 0 N–H and O–H groups in total. The highest BCUT2D eigenvalue weighted by atomic mass is 79.9. The van der Waals surface area contributed by atoms with Crippen molar-refractivity contribution in [2.45, 2.75) is 6.42 Å². The van der Waals surface area contributed by atoms with Crippen molar-refractivity contribution in [3.8, 4) is 5.75 Å². The lowest BCUT2D eigenvalue weighted by molar-refractivity contribution is 0.102. The van der Waals surface area contributed by atoms with E-state index in [1.165, 1.54) is 13.4 Å². The Morgan fingerprint density at radius 2 is 2.31 bits per heavy atom. The Morgan fingerprint density at radius 3 is 3.06 bits per heavy atom. The molecule has 0 aliphatic carbocycles. The van der Waals surface area contributed by atoms with Gasteiger partial charge in [0.25, 0.3) is 0 Å². The van der Waals surface area contributed by atoms with Crippen molar-refractivity contribution in [2.24, 2.45) is 0 Å². The number of methoxy groups -OCH3 is 1. The summed E-state index contributed by atoms with van der Waals surface area (Å²) in [5.41, 5.74) is 1.22. The number of benzene rings is 1. The maximum atomic E-state index is 12.1. The van der Waals surface area contributed by atoms with E-state index in [4.69, 9.17) is 9.47 Å². The lowest BCUT2D eigenvalue weighted by Crippen LogP contribution is -2.02. The Hall–Kier alpha value is -1.29. The van der Waals surface area contributed by atoms with Gasteiger partial charge < -0.3 is 9.47 Å². The molecular formula is C12H11BrO3. The molecule has 0 unspecified atom stereocenters. The molecular weight excluding hydrogens is 272 g/mol. The van der Waals surface area contributed by atoms with Crippen molar-refractivity contribution >= 4 is 21.7 Å². The third-order valence-corrected chi connectivity index (χ3v) is 2.86. The van der Waals surface area contributed by atoms with Crippen LogP contribution in [0.5, 0.6) is 5.75 Å². The average Bonchev–Trinajstić information content (AvgIpc) is 2.42. The van der Waals surface area contributed by atoms with Crippen molar-refractivity contribution in [3.05, 3.63) is 40.1 Å². The molecule has 0 saturated heterocycles. The van der Waals surface area contributed by atoms with E-state index in [2.05, 4.69) is 15.9 Å². The summed E-state index contributed by atoms with van der Waals surface area (Å²) in [4.78, 5) is 12.1. The Bertz CT molecular complexity index is 452. The highest BCUT2D eigenvalue weighted by Crippen LogP contribution is 2.29. The van der Waals surface area contributed by atoms with Gasteiger partial charge in [-0.3, -0.25) is 4.79 Å². The standard InChI is InChI=1S/C12H11BrO3/c1-15-7-8-4-5-16-11-3-2-9(13)6-10(11)12(8)14/h2-3,6-7H,4-5H2,1H3/b8-7-. The minimum absolute atomic E-state index is 0.0318. The van der Waals surface area contributed by atoms with Gasteiger partial charge in [-0.1, -0.05) is 15.9 Å². The molecule has 0 atom stereocenters. The molecule has 1 aromatic carbocycles. The van der Waals surface area contributed by atoms with Gasteiger partial charge in [0.2, 0.25) is 0 Å². The molecule has 0 fully saturated rings. The van der Waals surface area contributed by atoms with Crippen LogP contribution in [-0.4, -0.2) is 19.5 Å². The van der Waals surface area contributed by atoms with E-state index >= 15 is 0 Å².